The first-order valence-electron chi connectivity index (χ1n) is 6.85. The molecule has 0 heterocycles. The zero-order valence-electron chi connectivity index (χ0n) is 10.6. The van der Waals surface area contributed by atoms with Crippen molar-refractivity contribution in [2.75, 3.05) is 13.2 Å². The smallest absolute Gasteiger partial charge is 0.0431 e. The second-order valence-electron chi connectivity index (χ2n) is 5.17. The van der Waals surface area contributed by atoms with E-state index in [9.17, 15) is 0 Å². The van der Waals surface area contributed by atoms with Crippen molar-refractivity contribution < 1.29 is 5.11 Å². The van der Waals surface area contributed by atoms with Crippen molar-refractivity contribution in [1.29, 1.82) is 0 Å². The van der Waals surface area contributed by atoms with Crippen LogP contribution in [0.2, 0.25) is 0 Å². The van der Waals surface area contributed by atoms with Gasteiger partial charge in [0.15, 0.2) is 0 Å². The average molecular weight is 228 g/mol. The Morgan fingerprint density at radius 3 is 2.56 bits per heavy atom. The molecule has 0 aromatic heterocycles. The van der Waals surface area contributed by atoms with Gasteiger partial charge in [-0.3, -0.25) is 0 Å². The monoisotopic (exact) mass is 228 g/mol. The van der Waals surface area contributed by atoms with Crippen LogP contribution >= 0.6 is 0 Å². The van der Waals surface area contributed by atoms with Gasteiger partial charge in [-0.1, -0.05) is 19.3 Å². The first-order chi connectivity index (χ1) is 7.77. The van der Waals surface area contributed by atoms with Gasteiger partial charge in [0.05, 0.1) is 0 Å². The first kappa shape index (κ1) is 13.9. The minimum atomic E-state index is 0.294. The average Bonchev–Trinajstić information content (AvgIpc) is 2.34. The summed E-state index contributed by atoms with van der Waals surface area (Å²) in [6.07, 6.45) is 8.73. The highest BCUT2D eigenvalue weighted by Gasteiger charge is 2.23. The Morgan fingerprint density at radius 1 is 1.31 bits per heavy atom. The quantitative estimate of drug-likeness (QED) is 0.621. The van der Waals surface area contributed by atoms with Crippen LogP contribution in [0, 0.1) is 5.92 Å². The molecule has 0 aromatic rings. The Labute approximate surface area is 99.8 Å². The molecule has 0 saturated heterocycles. The molecular weight excluding hydrogens is 200 g/mol. The molecule has 0 radical (unpaired) electrons. The Kier molecular flexibility index (Phi) is 7.01. The molecule has 1 rings (SSSR count). The van der Waals surface area contributed by atoms with Crippen LogP contribution in [0.15, 0.2) is 0 Å². The van der Waals surface area contributed by atoms with Crippen LogP contribution in [0.1, 0.15) is 51.9 Å². The van der Waals surface area contributed by atoms with E-state index in [2.05, 4.69) is 12.2 Å². The van der Waals surface area contributed by atoms with E-state index in [1.165, 1.54) is 32.1 Å². The molecule has 3 heteroatoms. The maximum absolute atomic E-state index is 8.80. The highest BCUT2D eigenvalue weighted by atomic mass is 16.2. The first-order valence-corrected chi connectivity index (χ1v) is 6.85. The normalized spacial score (nSPS) is 21.9. The lowest BCUT2D eigenvalue weighted by atomic mass is 9.83. The number of hydrogen-bond acceptors (Lipinski definition) is 3. The molecule has 1 aliphatic carbocycles. The van der Waals surface area contributed by atoms with Crippen molar-refractivity contribution >= 4 is 0 Å². The standard InChI is InChI=1S/C13H28N2O/c1-11(6-5-9-16)15-13(10-14)12-7-3-2-4-8-12/h11-13,15-16H,2-10,14H2,1H3. The van der Waals surface area contributed by atoms with Crippen molar-refractivity contribution in [2.45, 2.75) is 64.0 Å². The summed E-state index contributed by atoms with van der Waals surface area (Å²) in [5, 5.41) is 12.4. The van der Waals surface area contributed by atoms with Crippen molar-refractivity contribution in [2.24, 2.45) is 11.7 Å². The molecule has 3 nitrogen and oxygen atoms in total. The van der Waals surface area contributed by atoms with Gasteiger partial charge >= 0.3 is 0 Å². The van der Waals surface area contributed by atoms with E-state index in [1.54, 1.807) is 0 Å². The summed E-state index contributed by atoms with van der Waals surface area (Å²) in [4.78, 5) is 0. The molecule has 1 fully saturated rings. The van der Waals surface area contributed by atoms with Crippen LogP contribution in [0.3, 0.4) is 0 Å². The largest absolute Gasteiger partial charge is 0.396 e. The fourth-order valence-electron chi connectivity index (χ4n) is 2.78. The summed E-state index contributed by atoms with van der Waals surface area (Å²) in [7, 11) is 0. The maximum Gasteiger partial charge on any atom is 0.0431 e. The zero-order chi connectivity index (χ0) is 11.8. The summed E-state index contributed by atoms with van der Waals surface area (Å²) in [5.74, 6) is 0.773. The minimum absolute atomic E-state index is 0.294. The van der Waals surface area contributed by atoms with E-state index < -0.39 is 0 Å². The Balaban J connectivity index is 2.29. The molecule has 2 unspecified atom stereocenters. The Morgan fingerprint density at radius 2 is 2.00 bits per heavy atom. The second kappa shape index (κ2) is 8.04. The van der Waals surface area contributed by atoms with Crippen LogP contribution in [0.25, 0.3) is 0 Å². The summed E-state index contributed by atoms with van der Waals surface area (Å²) >= 11 is 0. The van der Waals surface area contributed by atoms with Crippen LogP contribution in [0.5, 0.6) is 0 Å². The minimum Gasteiger partial charge on any atom is -0.396 e. The van der Waals surface area contributed by atoms with Crippen molar-refractivity contribution in [3.05, 3.63) is 0 Å². The lowest BCUT2D eigenvalue weighted by Gasteiger charge is -2.32. The number of nitrogens with one attached hydrogen (secondary N) is 1. The highest BCUT2D eigenvalue weighted by Crippen LogP contribution is 2.26. The summed E-state index contributed by atoms with van der Waals surface area (Å²) in [6, 6.07) is 0.955. The molecule has 4 N–H and O–H groups in total. The molecule has 96 valence electrons. The van der Waals surface area contributed by atoms with E-state index >= 15 is 0 Å². The van der Waals surface area contributed by atoms with E-state index in [4.69, 9.17) is 10.8 Å². The van der Waals surface area contributed by atoms with Gasteiger partial charge in [0.25, 0.3) is 0 Å². The second-order valence-corrected chi connectivity index (χ2v) is 5.17. The predicted molar refractivity (Wildman–Crippen MR) is 68.3 cm³/mol. The van der Waals surface area contributed by atoms with Crippen LogP contribution < -0.4 is 11.1 Å². The fourth-order valence-corrected chi connectivity index (χ4v) is 2.78. The van der Waals surface area contributed by atoms with E-state index in [0.717, 1.165) is 25.3 Å². The van der Waals surface area contributed by atoms with E-state index in [1.807, 2.05) is 0 Å². The summed E-state index contributed by atoms with van der Waals surface area (Å²) < 4.78 is 0. The predicted octanol–water partition coefficient (Wildman–Crippen LogP) is 1.64. The molecular formula is C13H28N2O. The molecule has 2 atom stereocenters. The fraction of sp³-hybridized carbons (Fsp3) is 1.00. The zero-order valence-corrected chi connectivity index (χ0v) is 10.6. The van der Waals surface area contributed by atoms with Gasteiger partial charge in [0.1, 0.15) is 0 Å². The number of aliphatic hydroxyl groups is 1. The van der Waals surface area contributed by atoms with Crippen molar-refractivity contribution in [3.63, 3.8) is 0 Å². The topological polar surface area (TPSA) is 58.3 Å². The number of nitrogens with two attached hydrogens (primary N) is 1. The van der Waals surface area contributed by atoms with Crippen LogP contribution in [0.4, 0.5) is 0 Å². The Hall–Kier alpha value is -0.120. The van der Waals surface area contributed by atoms with E-state index in [0.29, 0.717) is 18.7 Å². The van der Waals surface area contributed by atoms with Gasteiger partial charge in [-0.15, -0.1) is 0 Å². The maximum atomic E-state index is 8.80. The van der Waals surface area contributed by atoms with Gasteiger partial charge in [-0.25, -0.2) is 0 Å². The number of aliphatic hydroxyl groups excluding tert-OH is 1. The van der Waals surface area contributed by atoms with Crippen molar-refractivity contribution in [3.8, 4) is 0 Å². The van der Waals surface area contributed by atoms with Gasteiger partial charge in [-0.05, 0) is 38.5 Å². The third-order valence-corrected chi connectivity index (χ3v) is 3.77. The molecule has 16 heavy (non-hydrogen) atoms. The molecule has 1 saturated carbocycles. The molecule has 0 amide bonds. The van der Waals surface area contributed by atoms with Crippen molar-refractivity contribution in [1.82, 2.24) is 5.32 Å². The lowest BCUT2D eigenvalue weighted by Crippen LogP contribution is -2.46. The number of rotatable bonds is 7. The van der Waals surface area contributed by atoms with E-state index in [-0.39, 0.29) is 0 Å². The third kappa shape index (κ3) is 4.81. The van der Waals surface area contributed by atoms with Crippen LogP contribution in [-0.4, -0.2) is 30.3 Å². The summed E-state index contributed by atoms with van der Waals surface area (Å²) in [6.45, 7) is 3.23. The SMILES string of the molecule is CC(CCCO)NC(CN)C1CCCCC1. The van der Waals surface area contributed by atoms with Gasteiger partial charge in [-0.2, -0.15) is 0 Å². The molecule has 0 bridgehead atoms. The highest BCUT2D eigenvalue weighted by molar-refractivity contribution is 4.82. The van der Waals surface area contributed by atoms with Gasteiger partial charge in [0.2, 0.25) is 0 Å². The molecule has 1 aliphatic rings. The third-order valence-electron chi connectivity index (χ3n) is 3.77. The molecule has 0 aliphatic heterocycles. The summed E-state index contributed by atoms with van der Waals surface area (Å²) in [5.41, 5.74) is 5.87. The number of hydrogen-bond donors (Lipinski definition) is 3. The Bertz CT molecular complexity index is 169. The van der Waals surface area contributed by atoms with Crippen LogP contribution in [-0.2, 0) is 0 Å². The molecule has 0 spiro atoms. The van der Waals surface area contributed by atoms with Gasteiger partial charge < -0.3 is 16.2 Å². The molecule has 0 aromatic carbocycles. The van der Waals surface area contributed by atoms with Gasteiger partial charge in [0, 0.05) is 25.2 Å². The lowest BCUT2D eigenvalue weighted by molar-refractivity contribution is 0.241.